The molecule has 21 heavy (non-hydrogen) atoms. The van der Waals surface area contributed by atoms with Gasteiger partial charge in [-0.25, -0.2) is 0 Å². The summed E-state index contributed by atoms with van der Waals surface area (Å²) in [5.74, 6) is 6.09. The molecule has 1 aliphatic rings. The molecule has 0 unspecified atom stereocenters. The van der Waals surface area contributed by atoms with Gasteiger partial charge in [-0.3, -0.25) is 4.90 Å². The van der Waals surface area contributed by atoms with Gasteiger partial charge < -0.3 is 5.11 Å². The number of fused-ring (bicyclic) bond motifs is 1. The number of aliphatic hydroxyl groups excluding tert-OH is 1. The van der Waals surface area contributed by atoms with Crippen LogP contribution in [0.1, 0.15) is 28.0 Å². The van der Waals surface area contributed by atoms with E-state index in [1.54, 1.807) is 4.88 Å². The van der Waals surface area contributed by atoms with Gasteiger partial charge in [0.15, 0.2) is 0 Å². The molecule has 1 aromatic carbocycles. The second kappa shape index (κ2) is 6.91. The lowest BCUT2D eigenvalue weighted by atomic mass is 10.1. The van der Waals surface area contributed by atoms with E-state index in [1.165, 1.54) is 17.5 Å². The van der Waals surface area contributed by atoms with Crippen molar-refractivity contribution in [2.45, 2.75) is 25.9 Å². The van der Waals surface area contributed by atoms with Gasteiger partial charge in [-0.2, -0.15) is 0 Å². The molecule has 2 aromatic rings. The SMILES string of the molecule is OCCC#Cc1cccc(CN2CCc3sccc3C2)c1. The Kier molecular flexibility index (Phi) is 4.72. The number of thiophene rings is 1. The molecule has 0 saturated carbocycles. The van der Waals surface area contributed by atoms with Gasteiger partial charge in [-0.15, -0.1) is 11.3 Å². The molecule has 0 aliphatic carbocycles. The normalized spacial score (nSPS) is 14.3. The van der Waals surface area contributed by atoms with Crippen LogP contribution in [0.15, 0.2) is 35.7 Å². The number of nitrogens with zero attached hydrogens (tertiary/aromatic N) is 1. The third-order valence-corrected chi connectivity index (χ3v) is 4.71. The molecular formula is C18H19NOS. The van der Waals surface area contributed by atoms with Crippen molar-refractivity contribution in [3.8, 4) is 11.8 Å². The van der Waals surface area contributed by atoms with E-state index in [2.05, 4.69) is 46.4 Å². The van der Waals surface area contributed by atoms with Crippen molar-refractivity contribution in [2.75, 3.05) is 13.2 Å². The highest BCUT2D eigenvalue weighted by atomic mass is 32.1. The zero-order valence-corrected chi connectivity index (χ0v) is 12.8. The lowest BCUT2D eigenvalue weighted by Gasteiger charge is -2.26. The minimum atomic E-state index is 0.128. The highest BCUT2D eigenvalue weighted by Crippen LogP contribution is 2.25. The molecule has 0 bridgehead atoms. The minimum absolute atomic E-state index is 0.128. The molecule has 1 aromatic heterocycles. The first-order valence-corrected chi connectivity index (χ1v) is 8.19. The third-order valence-electron chi connectivity index (χ3n) is 3.69. The van der Waals surface area contributed by atoms with Crippen LogP contribution in [0.25, 0.3) is 0 Å². The van der Waals surface area contributed by atoms with E-state index in [9.17, 15) is 0 Å². The van der Waals surface area contributed by atoms with Crippen molar-refractivity contribution in [1.29, 1.82) is 0 Å². The Morgan fingerprint density at radius 1 is 1.29 bits per heavy atom. The van der Waals surface area contributed by atoms with Crippen molar-refractivity contribution < 1.29 is 5.11 Å². The summed E-state index contributed by atoms with van der Waals surface area (Å²) in [7, 11) is 0. The first-order valence-electron chi connectivity index (χ1n) is 7.31. The molecular weight excluding hydrogens is 278 g/mol. The smallest absolute Gasteiger partial charge is 0.0540 e. The quantitative estimate of drug-likeness (QED) is 0.880. The first kappa shape index (κ1) is 14.3. The number of rotatable bonds is 3. The van der Waals surface area contributed by atoms with Crippen LogP contribution in [0, 0.1) is 11.8 Å². The topological polar surface area (TPSA) is 23.5 Å². The van der Waals surface area contributed by atoms with Gasteiger partial charge in [0.1, 0.15) is 0 Å². The molecule has 0 fully saturated rings. The molecule has 1 aliphatic heterocycles. The highest BCUT2D eigenvalue weighted by Gasteiger charge is 2.16. The van der Waals surface area contributed by atoms with E-state index in [0.717, 1.165) is 25.2 Å². The standard InChI is InChI=1S/C18H19NOS/c20-10-2-1-4-15-5-3-6-16(12-15)13-19-9-7-18-17(14-19)8-11-21-18/h3,5-6,8,11-12,20H,2,7,9-10,13-14H2. The summed E-state index contributed by atoms with van der Waals surface area (Å²) in [4.78, 5) is 4.05. The molecule has 108 valence electrons. The molecule has 1 N–H and O–H groups in total. The zero-order chi connectivity index (χ0) is 14.5. The molecule has 2 heterocycles. The zero-order valence-electron chi connectivity index (χ0n) is 12.0. The first-order chi connectivity index (χ1) is 10.3. The van der Waals surface area contributed by atoms with E-state index < -0.39 is 0 Å². The van der Waals surface area contributed by atoms with Crippen molar-refractivity contribution in [1.82, 2.24) is 4.90 Å². The predicted molar refractivity (Wildman–Crippen MR) is 87.2 cm³/mol. The summed E-state index contributed by atoms with van der Waals surface area (Å²) in [6, 6.07) is 10.7. The Morgan fingerprint density at radius 3 is 3.14 bits per heavy atom. The van der Waals surface area contributed by atoms with E-state index in [0.29, 0.717) is 6.42 Å². The van der Waals surface area contributed by atoms with Crippen molar-refractivity contribution >= 4 is 11.3 Å². The Morgan fingerprint density at radius 2 is 2.24 bits per heavy atom. The average molecular weight is 297 g/mol. The number of benzene rings is 1. The average Bonchev–Trinajstić information content (AvgIpc) is 2.95. The van der Waals surface area contributed by atoms with E-state index in [1.807, 2.05) is 17.4 Å². The van der Waals surface area contributed by atoms with Gasteiger partial charge in [0, 0.05) is 36.5 Å². The summed E-state index contributed by atoms with van der Waals surface area (Å²) in [5, 5.41) is 11.0. The monoisotopic (exact) mass is 297 g/mol. The number of aliphatic hydroxyl groups is 1. The molecule has 0 atom stereocenters. The fourth-order valence-electron chi connectivity index (χ4n) is 2.67. The second-order valence-corrected chi connectivity index (χ2v) is 6.31. The lowest BCUT2D eigenvalue weighted by Crippen LogP contribution is -2.29. The van der Waals surface area contributed by atoms with Crippen LogP contribution in [0.2, 0.25) is 0 Å². The summed E-state index contributed by atoms with van der Waals surface area (Å²) in [6.07, 6.45) is 1.71. The number of hydrogen-bond acceptors (Lipinski definition) is 3. The van der Waals surface area contributed by atoms with Gasteiger partial charge in [-0.1, -0.05) is 24.0 Å². The molecule has 0 spiro atoms. The van der Waals surface area contributed by atoms with Crippen LogP contribution in [-0.2, 0) is 19.5 Å². The van der Waals surface area contributed by atoms with Gasteiger partial charge in [0.2, 0.25) is 0 Å². The van der Waals surface area contributed by atoms with E-state index in [4.69, 9.17) is 5.11 Å². The fourth-order valence-corrected chi connectivity index (χ4v) is 3.56. The van der Waals surface area contributed by atoms with Crippen molar-refractivity contribution in [2.24, 2.45) is 0 Å². The Hall–Kier alpha value is -1.60. The lowest BCUT2D eigenvalue weighted by molar-refractivity contribution is 0.247. The molecule has 0 saturated heterocycles. The van der Waals surface area contributed by atoms with Gasteiger partial charge in [-0.05, 0) is 41.1 Å². The molecule has 0 amide bonds. The summed E-state index contributed by atoms with van der Waals surface area (Å²) in [5.41, 5.74) is 3.84. The molecule has 2 nitrogen and oxygen atoms in total. The van der Waals surface area contributed by atoms with Crippen LogP contribution in [-0.4, -0.2) is 23.2 Å². The van der Waals surface area contributed by atoms with Crippen molar-refractivity contribution in [3.05, 3.63) is 57.3 Å². The number of hydrogen-bond donors (Lipinski definition) is 1. The van der Waals surface area contributed by atoms with Gasteiger partial charge in [0.05, 0.1) is 6.61 Å². The predicted octanol–water partition coefficient (Wildman–Crippen LogP) is 3.04. The fraction of sp³-hybridized carbons (Fsp3) is 0.333. The van der Waals surface area contributed by atoms with Gasteiger partial charge in [0.25, 0.3) is 0 Å². The van der Waals surface area contributed by atoms with E-state index >= 15 is 0 Å². The largest absolute Gasteiger partial charge is 0.395 e. The second-order valence-electron chi connectivity index (χ2n) is 5.31. The Labute approximate surface area is 130 Å². The minimum Gasteiger partial charge on any atom is -0.395 e. The van der Waals surface area contributed by atoms with E-state index in [-0.39, 0.29) is 6.61 Å². The summed E-state index contributed by atoms with van der Waals surface area (Å²) < 4.78 is 0. The van der Waals surface area contributed by atoms with Crippen LogP contribution < -0.4 is 0 Å². The maximum absolute atomic E-state index is 8.77. The van der Waals surface area contributed by atoms with Crippen LogP contribution in [0.5, 0.6) is 0 Å². The van der Waals surface area contributed by atoms with Crippen LogP contribution >= 0.6 is 11.3 Å². The van der Waals surface area contributed by atoms with Crippen LogP contribution in [0.3, 0.4) is 0 Å². The maximum atomic E-state index is 8.77. The summed E-state index contributed by atoms with van der Waals surface area (Å²) in [6.45, 7) is 3.29. The molecule has 0 radical (unpaired) electrons. The molecule has 3 rings (SSSR count). The molecule has 3 heteroatoms. The third kappa shape index (κ3) is 3.74. The highest BCUT2D eigenvalue weighted by molar-refractivity contribution is 7.10. The Balaban J connectivity index is 1.66. The van der Waals surface area contributed by atoms with Crippen LogP contribution in [0.4, 0.5) is 0 Å². The van der Waals surface area contributed by atoms with Gasteiger partial charge >= 0.3 is 0 Å². The summed E-state index contributed by atoms with van der Waals surface area (Å²) >= 11 is 1.88. The van der Waals surface area contributed by atoms with Crippen molar-refractivity contribution in [3.63, 3.8) is 0 Å². The Bertz CT molecular complexity index is 665. The maximum Gasteiger partial charge on any atom is 0.0540 e.